The Balaban J connectivity index is 2.21. The number of hydrogen-bond donors (Lipinski definition) is 1. The number of halogens is 2. The molecule has 1 nitrogen and oxygen atoms in total. The minimum absolute atomic E-state index is 0.777. The zero-order chi connectivity index (χ0) is 14.4. The van der Waals surface area contributed by atoms with Crippen LogP contribution in [0.15, 0.2) is 56.7 Å². The molecule has 0 atom stereocenters. The number of hydrogen-bond acceptors (Lipinski definition) is 2. The molecular weight excluding hydrogens is 354 g/mol. The highest BCUT2D eigenvalue weighted by atomic mass is 79.9. The van der Waals surface area contributed by atoms with E-state index in [0.717, 1.165) is 29.0 Å². The molecule has 0 unspecified atom stereocenters. The molecule has 0 saturated heterocycles. The second-order valence-corrected chi connectivity index (χ2v) is 6.84. The molecule has 2 aromatic carbocycles. The summed E-state index contributed by atoms with van der Waals surface area (Å²) in [7, 11) is 0. The van der Waals surface area contributed by atoms with Gasteiger partial charge in [0, 0.05) is 25.8 Å². The molecule has 2 aromatic rings. The third-order valence-electron chi connectivity index (χ3n) is 2.83. The van der Waals surface area contributed by atoms with Crippen molar-refractivity contribution in [3.63, 3.8) is 0 Å². The predicted molar refractivity (Wildman–Crippen MR) is 91.7 cm³/mol. The summed E-state index contributed by atoms with van der Waals surface area (Å²) >= 11 is 11.5. The molecule has 0 radical (unpaired) electrons. The summed E-state index contributed by atoms with van der Waals surface area (Å²) in [6.07, 6.45) is 1.14. The molecule has 0 fully saturated rings. The van der Waals surface area contributed by atoms with Crippen LogP contribution in [0.25, 0.3) is 0 Å². The maximum Gasteiger partial charge on any atom is 0.0417 e. The van der Waals surface area contributed by atoms with Gasteiger partial charge in [-0.05, 0) is 58.7 Å². The molecule has 0 bridgehead atoms. The van der Waals surface area contributed by atoms with Crippen LogP contribution in [-0.2, 0) is 6.54 Å². The molecule has 0 aliphatic rings. The largest absolute Gasteiger partial charge is 0.313 e. The van der Waals surface area contributed by atoms with E-state index in [0.29, 0.717) is 0 Å². The lowest BCUT2D eigenvalue weighted by Gasteiger charge is -2.11. The Bertz CT molecular complexity index is 574. The molecular formula is C16H17BrClNS. The van der Waals surface area contributed by atoms with Crippen LogP contribution >= 0.6 is 39.3 Å². The van der Waals surface area contributed by atoms with Gasteiger partial charge in [-0.25, -0.2) is 0 Å². The first kappa shape index (κ1) is 15.9. The molecule has 2 rings (SSSR count). The van der Waals surface area contributed by atoms with E-state index >= 15 is 0 Å². The molecule has 0 aliphatic heterocycles. The third kappa shape index (κ3) is 4.52. The van der Waals surface area contributed by atoms with Gasteiger partial charge in [-0.1, -0.05) is 48.5 Å². The molecule has 20 heavy (non-hydrogen) atoms. The number of benzene rings is 2. The van der Waals surface area contributed by atoms with E-state index in [1.54, 1.807) is 11.8 Å². The maximum atomic E-state index is 6.14. The second kappa shape index (κ2) is 8.08. The fourth-order valence-electron chi connectivity index (χ4n) is 1.82. The lowest BCUT2D eigenvalue weighted by atomic mass is 10.2. The lowest BCUT2D eigenvalue weighted by Crippen LogP contribution is -2.14. The van der Waals surface area contributed by atoms with Crippen molar-refractivity contribution in [2.24, 2.45) is 0 Å². The first-order chi connectivity index (χ1) is 9.70. The summed E-state index contributed by atoms with van der Waals surface area (Å²) in [4.78, 5) is 2.40. The quantitative estimate of drug-likeness (QED) is 0.649. The van der Waals surface area contributed by atoms with Gasteiger partial charge in [-0.15, -0.1) is 0 Å². The molecule has 1 N–H and O–H groups in total. The zero-order valence-electron chi connectivity index (χ0n) is 11.3. The van der Waals surface area contributed by atoms with Crippen LogP contribution in [0, 0.1) is 0 Å². The highest BCUT2D eigenvalue weighted by Gasteiger charge is 2.07. The summed E-state index contributed by atoms with van der Waals surface area (Å²) in [6, 6.07) is 14.3. The molecule has 0 aliphatic carbocycles. The van der Waals surface area contributed by atoms with Gasteiger partial charge >= 0.3 is 0 Å². The van der Waals surface area contributed by atoms with Crippen LogP contribution in [-0.4, -0.2) is 6.54 Å². The van der Waals surface area contributed by atoms with Gasteiger partial charge in [0.05, 0.1) is 0 Å². The van der Waals surface area contributed by atoms with Crippen LogP contribution in [0.5, 0.6) is 0 Å². The molecule has 0 heterocycles. The second-order valence-electron chi connectivity index (χ2n) is 4.46. The van der Waals surface area contributed by atoms with E-state index in [4.69, 9.17) is 11.6 Å². The van der Waals surface area contributed by atoms with Crippen molar-refractivity contribution >= 4 is 39.3 Å². The maximum absolute atomic E-state index is 6.14. The van der Waals surface area contributed by atoms with E-state index in [-0.39, 0.29) is 0 Å². The molecule has 106 valence electrons. The van der Waals surface area contributed by atoms with Gasteiger partial charge in [-0.2, -0.15) is 0 Å². The van der Waals surface area contributed by atoms with E-state index in [9.17, 15) is 0 Å². The van der Waals surface area contributed by atoms with Crippen molar-refractivity contribution in [2.75, 3.05) is 6.54 Å². The highest BCUT2D eigenvalue weighted by molar-refractivity contribution is 9.10. The molecule has 4 heteroatoms. The SMILES string of the molecule is CCCNCc1ccc(Cl)cc1Sc1ccccc1Br. The Morgan fingerprint density at radius 3 is 2.70 bits per heavy atom. The molecule has 0 aromatic heterocycles. The van der Waals surface area contributed by atoms with Crippen molar-refractivity contribution in [1.82, 2.24) is 5.32 Å². The van der Waals surface area contributed by atoms with Crippen LogP contribution in [0.1, 0.15) is 18.9 Å². The van der Waals surface area contributed by atoms with Crippen molar-refractivity contribution in [3.8, 4) is 0 Å². The fraction of sp³-hybridized carbons (Fsp3) is 0.250. The van der Waals surface area contributed by atoms with Gasteiger partial charge in [0.15, 0.2) is 0 Å². The monoisotopic (exact) mass is 369 g/mol. The van der Waals surface area contributed by atoms with Crippen LogP contribution in [0.3, 0.4) is 0 Å². The summed E-state index contributed by atoms with van der Waals surface area (Å²) in [5.74, 6) is 0. The summed E-state index contributed by atoms with van der Waals surface area (Å²) in [5.41, 5.74) is 1.28. The normalized spacial score (nSPS) is 10.8. The lowest BCUT2D eigenvalue weighted by molar-refractivity contribution is 0.669. The average molecular weight is 371 g/mol. The fourth-order valence-corrected chi connectivity index (χ4v) is 3.59. The van der Waals surface area contributed by atoms with Crippen LogP contribution in [0.2, 0.25) is 5.02 Å². The summed E-state index contributed by atoms with van der Waals surface area (Å²) in [5, 5.41) is 4.22. The topological polar surface area (TPSA) is 12.0 Å². The van der Waals surface area contributed by atoms with Gasteiger partial charge < -0.3 is 5.32 Å². The Hall–Kier alpha value is -0.480. The summed E-state index contributed by atoms with van der Waals surface area (Å²) < 4.78 is 1.11. The first-order valence-corrected chi connectivity index (χ1v) is 8.61. The Labute approximate surface area is 138 Å². The van der Waals surface area contributed by atoms with Crippen molar-refractivity contribution in [2.45, 2.75) is 29.7 Å². The van der Waals surface area contributed by atoms with Crippen molar-refractivity contribution in [1.29, 1.82) is 0 Å². The Morgan fingerprint density at radius 2 is 1.95 bits per heavy atom. The Kier molecular flexibility index (Phi) is 6.43. The van der Waals surface area contributed by atoms with E-state index in [1.165, 1.54) is 15.4 Å². The third-order valence-corrected chi connectivity index (χ3v) is 5.19. The van der Waals surface area contributed by atoms with Crippen molar-refractivity contribution < 1.29 is 0 Å². The smallest absolute Gasteiger partial charge is 0.0417 e. The van der Waals surface area contributed by atoms with E-state index in [2.05, 4.69) is 46.4 Å². The number of nitrogens with one attached hydrogen (secondary N) is 1. The Morgan fingerprint density at radius 1 is 1.15 bits per heavy atom. The predicted octanol–water partition coefficient (Wildman–Crippen LogP) is 5.75. The van der Waals surface area contributed by atoms with Gasteiger partial charge in [0.2, 0.25) is 0 Å². The number of rotatable bonds is 6. The summed E-state index contributed by atoms with van der Waals surface area (Å²) in [6.45, 7) is 4.07. The van der Waals surface area contributed by atoms with Gasteiger partial charge in [-0.3, -0.25) is 0 Å². The highest BCUT2D eigenvalue weighted by Crippen LogP contribution is 2.36. The zero-order valence-corrected chi connectivity index (χ0v) is 14.5. The average Bonchev–Trinajstić information content (AvgIpc) is 2.44. The minimum atomic E-state index is 0.777. The minimum Gasteiger partial charge on any atom is -0.313 e. The molecule has 0 saturated carbocycles. The van der Waals surface area contributed by atoms with Crippen LogP contribution in [0.4, 0.5) is 0 Å². The van der Waals surface area contributed by atoms with E-state index in [1.807, 2.05) is 24.3 Å². The standard InChI is InChI=1S/C16H17BrClNS/c1-2-9-19-11-12-7-8-13(18)10-16(12)20-15-6-4-3-5-14(15)17/h3-8,10,19H,2,9,11H2,1H3. The van der Waals surface area contributed by atoms with Crippen LogP contribution < -0.4 is 5.32 Å². The molecule has 0 amide bonds. The van der Waals surface area contributed by atoms with Gasteiger partial charge in [0.25, 0.3) is 0 Å². The van der Waals surface area contributed by atoms with E-state index < -0.39 is 0 Å². The van der Waals surface area contributed by atoms with Gasteiger partial charge in [0.1, 0.15) is 0 Å². The van der Waals surface area contributed by atoms with Crippen molar-refractivity contribution in [3.05, 3.63) is 57.5 Å². The first-order valence-electron chi connectivity index (χ1n) is 6.62. The molecule has 0 spiro atoms.